The molecule has 2 aromatic rings. The molecule has 2 aliphatic rings. The van der Waals surface area contributed by atoms with Crippen LogP contribution in [0.5, 0.6) is 0 Å². The molecule has 156 valence electrons. The quantitative estimate of drug-likeness (QED) is 0.812. The topological polar surface area (TPSA) is 84.3 Å². The smallest absolute Gasteiger partial charge is 0.262 e. The van der Waals surface area contributed by atoms with Crippen LogP contribution in [0.1, 0.15) is 43.7 Å². The van der Waals surface area contributed by atoms with Crippen LogP contribution in [0.2, 0.25) is 0 Å². The third-order valence-electron chi connectivity index (χ3n) is 5.95. The summed E-state index contributed by atoms with van der Waals surface area (Å²) >= 11 is 0. The fraction of sp³-hybridized carbons (Fsp3) is 0.524. The molecule has 1 aromatic heterocycles. The lowest BCUT2D eigenvalue weighted by Crippen LogP contribution is -2.38. The molecule has 0 atom stereocenters. The number of nitrogens with zero attached hydrogens (tertiary/aromatic N) is 3. The number of sulfonamides is 1. The average Bonchev–Trinajstić information content (AvgIpc) is 3.18. The van der Waals surface area contributed by atoms with E-state index in [1.165, 1.54) is 38.9 Å². The first-order valence-corrected chi connectivity index (χ1v) is 11.8. The summed E-state index contributed by atoms with van der Waals surface area (Å²) in [5.74, 6) is 0.364. The lowest BCUT2D eigenvalue weighted by Gasteiger charge is -2.28. The van der Waals surface area contributed by atoms with Gasteiger partial charge in [0.15, 0.2) is 5.03 Å². The Balaban J connectivity index is 1.42. The van der Waals surface area contributed by atoms with E-state index in [0.717, 1.165) is 37.8 Å². The number of hydrogen-bond donors (Lipinski definition) is 1. The zero-order valence-electron chi connectivity index (χ0n) is 16.8. The molecule has 1 fully saturated rings. The number of rotatable bonds is 5. The minimum absolute atomic E-state index is 0.0111. The summed E-state index contributed by atoms with van der Waals surface area (Å²) in [6.07, 6.45) is 8.95. The number of aromatic nitrogens is 2. The van der Waals surface area contributed by atoms with Gasteiger partial charge in [0.05, 0.1) is 6.33 Å². The molecule has 0 spiro atoms. The van der Waals surface area contributed by atoms with Crippen LogP contribution in [0.25, 0.3) is 0 Å². The first-order valence-electron chi connectivity index (χ1n) is 10.4. The van der Waals surface area contributed by atoms with E-state index in [-0.39, 0.29) is 17.5 Å². The minimum Gasteiger partial charge on any atom is -0.327 e. The molecule has 1 N–H and O–H groups in total. The normalized spacial score (nSPS) is 18.4. The van der Waals surface area contributed by atoms with Gasteiger partial charge in [-0.05, 0) is 61.6 Å². The van der Waals surface area contributed by atoms with Crippen molar-refractivity contribution in [1.82, 2.24) is 13.9 Å². The number of amides is 1. The van der Waals surface area contributed by atoms with E-state index in [0.29, 0.717) is 19.0 Å². The molecule has 0 bridgehead atoms. The highest BCUT2D eigenvalue weighted by Crippen LogP contribution is 2.28. The van der Waals surface area contributed by atoms with Crippen molar-refractivity contribution in [3.63, 3.8) is 0 Å². The zero-order valence-corrected chi connectivity index (χ0v) is 17.6. The average molecular weight is 417 g/mol. The van der Waals surface area contributed by atoms with E-state index in [2.05, 4.69) is 23.3 Å². The van der Waals surface area contributed by atoms with E-state index in [1.807, 2.05) is 12.1 Å². The van der Waals surface area contributed by atoms with E-state index in [9.17, 15) is 13.2 Å². The maximum absolute atomic E-state index is 12.8. The van der Waals surface area contributed by atoms with E-state index < -0.39 is 10.0 Å². The molecule has 1 saturated heterocycles. The molecule has 0 radical (unpaired) electrons. The maximum atomic E-state index is 12.8. The van der Waals surface area contributed by atoms with Crippen LogP contribution < -0.4 is 5.32 Å². The van der Waals surface area contributed by atoms with Gasteiger partial charge in [-0.2, -0.15) is 4.31 Å². The lowest BCUT2D eigenvalue weighted by molar-refractivity contribution is -0.116. The van der Waals surface area contributed by atoms with Crippen molar-refractivity contribution in [3.05, 3.63) is 41.9 Å². The summed E-state index contributed by atoms with van der Waals surface area (Å²) in [5.41, 5.74) is 3.39. The van der Waals surface area contributed by atoms with Crippen molar-refractivity contribution in [3.8, 4) is 0 Å². The summed E-state index contributed by atoms with van der Waals surface area (Å²) < 4.78 is 28.6. The van der Waals surface area contributed by atoms with E-state index in [1.54, 1.807) is 0 Å². The predicted molar refractivity (Wildman–Crippen MR) is 111 cm³/mol. The Morgan fingerprint density at radius 1 is 1.21 bits per heavy atom. The van der Waals surface area contributed by atoms with Crippen molar-refractivity contribution in [2.24, 2.45) is 5.92 Å². The lowest BCUT2D eigenvalue weighted by atomic mass is 9.90. The molecular weight excluding hydrogens is 388 g/mol. The standard InChI is InChI=1S/C21H28N4O3S/c1-16-9-11-25(12-10-16)29(27,28)21-14-24(15-22-21)13-20(26)23-19-8-4-6-17-5-2-3-7-18(17)19/h4,6,8,14-16H,2-3,5,7,9-13H2,1H3,(H,23,26). The number of anilines is 1. The Morgan fingerprint density at radius 2 is 1.97 bits per heavy atom. The van der Waals surface area contributed by atoms with Crippen LogP contribution in [0, 0.1) is 5.92 Å². The van der Waals surface area contributed by atoms with Crippen molar-refractivity contribution < 1.29 is 13.2 Å². The van der Waals surface area contributed by atoms with Crippen LogP contribution in [-0.2, 0) is 34.2 Å². The molecule has 2 heterocycles. The Labute approximate surface area is 172 Å². The molecule has 0 saturated carbocycles. The van der Waals surface area contributed by atoms with Crippen molar-refractivity contribution in [2.75, 3.05) is 18.4 Å². The molecule has 1 amide bonds. The molecule has 1 aromatic carbocycles. The van der Waals surface area contributed by atoms with Gasteiger partial charge in [0.25, 0.3) is 10.0 Å². The van der Waals surface area contributed by atoms with Gasteiger partial charge in [-0.1, -0.05) is 19.1 Å². The van der Waals surface area contributed by atoms with Gasteiger partial charge in [0.2, 0.25) is 5.91 Å². The first-order chi connectivity index (χ1) is 13.9. The number of imidazole rings is 1. The number of carbonyl (C=O) groups excluding carboxylic acids is 1. The fourth-order valence-corrected chi connectivity index (χ4v) is 5.58. The number of nitrogens with one attached hydrogen (secondary N) is 1. The molecule has 29 heavy (non-hydrogen) atoms. The summed E-state index contributed by atoms with van der Waals surface area (Å²) in [4.78, 5) is 16.6. The first kappa shape index (κ1) is 20.1. The summed E-state index contributed by atoms with van der Waals surface area (Å²) in [6, 6.07) is 6.03. The van der Waals surface area contributed by atoms with Crippen molar-refractivity contribution >= 4 is 21.6 Å². The summed E-state index contributed by atoms with van der Waals surface area (Å²) in [7, 11) is -3.60. The SMILES string of the molecule is CC1CCN(S(=O)(=O)c2cn(CC(=O)Nc3cccc4c3CCCC4)cn2)CC1. The highest BCUT2D eigenvalue weighted by molar-refractivity contribution is 7.89. The number of benzene rings is 1. The Kier molecular flexibility index (Phi) is 5.74. The fourth-order valence-electron chi connectivity index (χ4n) is 4.17. The Hall–Kier alpha value is -2.19. The highest BCUT2D eigenvalue weighted by Gasteiger charge is 2.30. The molecule has 4 rings (SSSR count). The summed E-state index contributed by atoms with van der Waals surface area (Å²) in [5, 5.41) is 3.00. The number of fused-ring (bicyclic) bond motifs is 1. The second-order valence-electron chi connectivity index (χ2n) is 8.17. The number of carbonyl (C=O) groups is 1. The van der Waals surface area contributed by atoms with Gasteiger partial charge in [0, 0.05) is 25.0 Å². The third kappa shape index (κ3) is 4.38. The number of hydrogen-bond acceptors (Lipinski definition) is 4. The Bertz CT molecular complexity index is 991. The molecular formula is C21H28N4O3S. The van der Waals surface area contributed by atoms with E-state index >= 15 is 0 Å². The molecule has 1 aliphatic heterocycles. The van der Waals surface area contributed by atoms with Crippen LogP contribution in [-0.4, -0.2) is 41.3 Å². The zero-order chi connectivity index (χ0) is 20.4. The van der Waals surface area contributed by atoms with Gasteiger partial charge in [0.1, 0.15) is 6.54 Å². The third-order valence-corrected chi connectivity index (χ3v) is 7.74. The highest BCUT2D eigenvalue weighted by atomic mass is 32.2. The predicted octanol–water partition coefficient (Wildman–Crippen LogP) is 2.82. The van der Waals surface area contributed by atoms with Crippen LogP contribution >= 0.6 is 0 Å². The van der Waals surface area contributed by atoms with Gasteiger partial charge in [-0.25, -0.2) is 13.4 Å². The van der Waals surface area contributed by atoms with Crippen LogP contribution in [0.4, 0.5) is 5.69 Å². The van der Waals surface area contributed by atoms with Crippen molar-refractivity contribution in [2.45, 2.75) is 57.0 Å². The van der Waals surface area contributed by atoms with E-state index in [4.69, 9.17) is 0 Å². The molecule has 1 aliphatic carbocycles. The minimum atomic E-state index is -3.60. The number of piperidine rings is 1. The van der Waals surface area contributed by atoms with Crippen molar-refractivity contribution in [1.29, 1.82) is 0 Å². The second-order valence-corrected chi connectivity index (χ2v) is 10.1. The maximum Gasteiger partial charge on any atom is 0.262 e. The van der Waals surface area contributed by atoms with Gasteiger partial charge in [-0.3, -0.25) is 4.79 Å². The molecule has 7 nitrogen and oxygen atoms in total. The molecule has 8 heteroatoms. The summed E-state index contributed by atoms with van der Waals surface area (Å²) in [6.45, 7) is 3.22. The van der Waals surface area contributed by atoms with Crippen LogP contribution in [0.15, 0.2) is 35.7 Å². The molecule has 0 unspecified atom stereocenters. The monoisotopic (exact) mass is 416 g/mol. The van der Waals surface area contributed by atoms with Crippen LogP contribution in [0.3, 0.4) is 0 Å². The van der Waals surface area contributed by atoms with Gasteiger partial charge >= 0.3 is 0 Å². The Morgan fingerprint density at radius 3 is 2.76 bits per heavy atom. The number of aryl methyl sites for hydroxylation is 1. The largest absolute Gasteiger partial charge is 0.327 e. The van der Waals surface area contributed by atoms with Gasteiger partial charge in [-0.15, -0.1) is 0 Å². The van der Waals surface area contributed by atoms with Gasteiger partial charge < -0.3 is 9.88 Å². The second kappa shape index (κ2) is 8.28.